The molecule has 0 aromatic heterocycles. The lowest BCUT2D eigenvalue weighted by molar-refractivity contribution is -0.126. The Hall–Kier alpha value is -3.75. The van der Waals surface area contributed by atoms with Gasteiger partial charge in [-0.3, -0.25) is 14.4 Å². The number of nitrogens with zero attached hydrogens (tertiary/aromatic N) is 2. The van der Waals surface area contributed by atoms with E-state index in [2.05, 4.69) is 0 Å². The van der Waals surface area contributed by atoms with Crippen molar-refractivity contribution >= 4 is 34.8 Å². The van der Waals surface area contributed by atoms with Gasteiger partial charge in [0.25, 0.3) is 5.91 Å². The number of carbonyl (C=O) groups is 2. The predicted molar refractivity (Wildman–Crippen MR) is 130 cm³/mol. The number of halogens is 1. The third-order valence-electron chi connectivity index (χ3n) is 6.27. The first-order valence-electron chi connectivity index (χ1n) is 10.9. The average Bonchev–Trinajstić information content (AvgIpc) is 3.39. The Morgan fingerprint density at radius 2 is 1.51 bits per heavy atom. The van der Waals surface area contributed by atoms with Crippen LogP contribution in [-0.4, -0.2) is 39.2 Å². The van der Waals surface area contributed by atoms with E-state index < -0.39 is 24.0 Å². The Morgan fingerprint density at radius 1 is 0.800 bits per heavy atom. The molecule has 8 nitrogen and oxygen atoms in total. The molecule has 9 heteroatoms. The number of amides is 2. The van der Waals surface area contributed by atoms with Crippen molar-refractivity contribution in [2.24, 2.45) is 5.92 Å². The number of hydroxylamine groups is 1. The van der Waals surface area contributed by atoms with Crippen LogP contribution >= 0.6 is 11.6 Å². The molecule has 3 atom stereocenters. The van der Waals surface area contributed by atoms with E-state index in [-0.39, 0.29) is 5.91 Å². The lowest BCUT2D eigenvalue weighted by atomic mass is 9.90. The van der Waals surface area contributed by atoms with Crippen molar-refractivity contribution in [3.05, 3.63) is 77.3 Å². The maximum atomic E-state index is 13.8. The van der Waals surface area contributed by atoms with Gasteiger partial charge in [-0.25, -0.2) is 9.96 Å². The highest BCUT2D eigenvalue weighted by Gasteiger charge is 2.60. The first kappa shape index (κ1) is 23.0. The molecule has 3 aromatic rings. The van der Waals surface area contributed by atoms with Crippen LogP contribution in [0.1, 0.15) is 11.6 Å². The summed E-state index contributed by atoms with van der Waals surface area (Å²) in [7, 11) is 4.64. The molecule has 0 aliphatic carbocycles. The minimum Gasteiger partial charge on any atom is -0.497 e. The monoisotopic (exact) mass is 494 g/mol. The van der Waals surface area contributed by atoms with Gasteiger partial charge < -0.3 is 14.2 Å². The van der Waals surface area contributed by atoms with Crippen molar-refractivity contribution in [2.75, 3.05) is 31.3 Å². The summed E-state index contributed by atoms with van der Waals surface area (Å²) in [5.41, 5.74) is 1.76. The van der Waals surface area contributed by atoms with Crippen molar-refractivity contribution in [2.45, 2.75) is 12.1 Å². The summed E-state index contributed by atoms with van der Waals surface area (Å²) in [5, 5.41) is 2.15. The Balaban J connectivity index is 1.61. The summed E-state index contributed by atoms with van der Waals surface area (Å²) in [6.07, 6.45) is -1.01. The first-order valence-corrected chi connectivity index (χ1v) is 11.3. The van der Waals surface area contributed by atoms with Crippen LogP contribution in [0.3, 0.4) is 0 Å². The SMILES string of the molecule is COc1cccc(N2C(=O)[C@H]3[C@@H](ON(c4ccc(Cl)cc4)[C@H]3c3ccc(OC)cc3OC)C2=O)c1. The third kappa shape index (κ3) is 3.84. The number of anilines is 2. The maximum Gasteiger partial charge on any atom is 0.266 e. The van der Waals surface area contributed by atoms with E-state index in [1.807, 2.05) is 6.07 Å². The molecule has 2 saturated heterocycles. The van der Waals surface area contributed by atoms with Crippen LogP contribution in [0.2, 0.25) is 5.02 Å². The van der Waals surface area contributed by atoms with Crippen LogP contribution in [0.4, 0.5) is 11.4 Å². The quantitative estimate of drug-likeness (QED) is 0.469. The maximum absolute atomic E-state index is 13.8. The summed E-state index contributed by atoms with van der Waals surface area (Å²) >= 11 is 6.09. The number of carbonyl (C=O) groups excluding carboxylic acids is 2. The van der Waals surface area contributed by atoms with Crippen molar-refractivity contribution in [3.8, 4) is 17.2 Å². The number of methoxy groups -OCH3 is 3. The van der Waals surface area contributed by atoms with Gasteiger partial charge in [0.1, 0.15) is 23.2 Å². The summed E-state index contributed by atoms with van der Waals surface area (Å²) < 4.78 is 16.3. The van der Waals surface area contributed by atoms with E-state index in [0.717, 1.165) is 0 Å². The van der Waals surface area contributed by atoms with Gasteiger partial charge in [0, 0.05) is 22.7 Å². The number of hydrogen-bond acceptors (Lipinski definition) is 7. The Labute approximate surface area is 207 Å². The van der Waals surface area contributed by atoms with Crippen molar-refractivity contribution in [3.63, 3.8) is 0 Å². The number of hydrogen-bond donors (Lipinski definition) is 0. The van der Waals surface area contributed by atoms with E-state index in [4.69, 9.17) is 30.6 Å². The fourth-order valence-corrected chi connectivity index (χ4v) is 4.74. The number of benzene rings is 3. The Morgan fingerprint density at radius 3 is 2.20 bits per heavy atom. The third-order valence-corrected chi connectivity index (χ3v) is 6.52. The van der Waals surface area contributed by atoms with Crippen LogP contribution in [0.15, 0.2) is 66.7 Å². The Bertz CT molecular complexity index is 1280. The van der Waals surface area contributed by atoms with E-state index in [1.54, 1.807) is 79.9 Å². The number of ether oxygens (including phenoxy) is 3. The first-order chi connectivity index (χ1) is 17.0. The minimum absolute atomic E-state index is 0.368. The molecular formula is C26H23ClN2O6. The summed E-state index contributed by atoms with van der Waals surface area (Å²) in [6.45, 7) is 0. The topological polar surface area (TPSA) is 77.5 Å². The summed E-state index contributed by atoms with van der Waals surface area (Å²) in [4.78, 5) is 34.7. The lowest BCUT2D eigenvalue weighted by Crippen LogP contribution is -2.37. The fourth-order valence-electron chi connectivity index (χ4n) is 4.61. The molecule has 2 aliphatic heterocycles. The molecule has 2 fully saturated rings. The predicted octanol–water partition coefficient (Wildman–Crippen LogP) is 4.42. The zero-order valence-corrected chi connectivity index (χ0v) is 20.1. The van der Waals surface area contributed by atoms with E-state index in [9.17, 15) is 9.59 Å². The minimum atomic E-state index is -1.01. The molecular weight excluding hydrogens is 472 g/mol. The largest absolute Gasteiger partial charge is 0.497 e. The number of rotatable bonds is 6. The second-order valence-electron chi connectivity index (χ2n) is 8.12. The highest BCUT2D eigenvalue weighted by atomic mass is 35.5. The zero-order valence-electron chi connectivity index (χ0n) is 19.3. The van der Waals surface area contributed by atoms with Crippen LogP contribution in [0.25, 0.3) is 0 Å². The molecule has 0 N–H and O–H groups in total. The average molecular weight is 495 g/mol. The number of imide groups is 1. The molecule has 0 unspecified atom stereocenters. The van der Waals surface area contributed by atoms with Crippen molar-refractivity contribution < 1.29 is 28.6 Å². The summed E-state index contributed by atoms with van der Waals surface area (Å²) in [6, 6.07) is 18.5. The Kier molecular flexibility index (Phi) is 6.00. The molecule has 5 rings (SSSR count). The van der Waals surface area contributed by atoms with Gasteiger partial charge in [-0.15, -0.1) is 0 Å². The van der Waals surface area contributed by atoms with Crippen LogP contribution in [0.5, 0.6) is 17.2 Å². The van der Waals surface area contributed by atoms with Gasteiger partial charge in [-0.1, -0.05) is 17.7 Å². The number of fused-ring (bicyclic) bond motifs is 1. The highest BCUT2D eigenvalue weighted by Crippen LogP contribution is 2.50. The van der Waals surface area contributed by atoms with Gasteiger partial charge in [0.2, 0.25) is 5.91 Å². The molecule has 0 saturated carbocycles. The van der Waals surface area contributed by atoms with Gasteiger partial charge >= 0.3 is 0 Å². The molecule has 2 amide bonds. The molecule has 2 aliphatic rings. The summed E-state index contributed by atoms with van der Waals surface area (Å²) in [5.74, 6) is 0.0299. The molecule has 0 radical (unpaired) electrons. The van der Waals surface area contributed by atoms with Gasteiger partial charge in [0.15, 0.2) is 6.10 Å². The molecule has 2 heterocycles. The standard InChI is InChI=1S/C26H23ClN2O6/c1-32-18-6-4-5-17(13-18)28-25(30)22-23(20-12-11-19(33-2)14-21(20)34-3)29(35-24(22)26(28)31)16-9-7-15(27)8-10-16/h4-14,22-24H,1-3H3/t22-,23+,24-/m1/s1. The van der Waals surface area contributed by atoms with Crippen LogP contribution < -0.4 is 24.2 Å². The highest BCUT2D eigenvalue weighted by molar-refractivity contribution is 6.30. The van der Waals surface area contributed by atoms with Gasteiger partial charge in [0.05, 0.1) is 38.7 Å². The van der Waals surface area contributed by atoms with Gasteiger partial charge in [-0.2, -0.15) is 0 Å². The van der Waals surface area contributed by atoms with Crippen molar-refractivity contribution in [1.82, 2.24) is 0 Å². The van der Waals surface area contributed by atoms with Crippen molar-refractivity contribution in [1.29, 1.82) is 0 Å². The smallest absolute Gasteiger partial charge is 0.266 e. The normalized spacial score (nSPS) is 21.3. The van der Waals surface area contributed by atoms with E-state index in [0.29, 0.717) is 39.2 Å². The fraction of sp³-hybridized carbons (Fsp3) is 0.231. The molecule has 180 valence electrons. The molecule has 3 aromatic carbocycles. The second kappa shape index (κ2) is 9.13. The van der Waals surface area contributed by atoms with Gasteiger partial charge in [-0.05, 0) is 48.5 Å². The van der Waals surface area contributed by atoms with E-state index in [1.165, 1.54) is 12.0 Å². The van der Waals surface area contributed by atoms with Crippen LogP contribution in [-0.2, 0) is 14.4 Å². The molecule has 0 bridgehead atoms. The van der Waals surface area contributed by atoms with Crippen LogP contribution in [0, 0.1) is 5.92 Å². The lowest BCUT2D eigenvalue weighted by Gasteiger charge is -2.29. The zero-order chi connectivity index (χ0) is 24.7. The molecule has 0 spiro atoms. The molecule has 35 heavy (non-hydrogen) atoms. The second-order valence-corrected chi connectivity index (χ2v) is 8.56. The van der Waals surface area contributed by atoms with E-state index >= 15 is 0 Å².